The van der Waals surface area contributed by atoms with Crippen LogP contribution in [0.4, 0.5) is 23.8 Å². The second kappa shape index (κ2) is 15.5. The van der Waals surface area contributed by atoms with Crippen LogP contribution in [0.3, 0.4) is 0 Å². The van der Waals surface area contributed by atoms with Crippen LogP contribution < -0.4 is 14.4 Å². The van der Waals surface area contributed by atoms with Gasteiger partial charge in [0.15, 0.2) is 12.6 Å². The fraction of sp³-hybridized carbons (Fsp3) is 0.548. The molecule has 4 fully saturated rings. The van der Waals surface area contributed by atoms with Gasteiger partial charge in [0.1, 0.15) is 34.3 Å². The summed E-state index contributed by atoms with van der Waals surface area (Å²) >= 11 is 0. The van der Waals surface area contributed by atoms with Gasteiger partial charge in [0.25, 0.3) is 0 Å². The van der Waals surface area contributed by atoms with E-state index in [-0.39, 0.29) is 59.6 Å². The van der Waals surface area contributed by atoms with E-state index in [2.05, 4.69) is 9.88 Å². The topological polar surface area (TPSA) is 98.7 Å². The lowest BCUT2D eigenvalue weighted by molar-refractivity contribution is -0.0161. The maximum atomic E-state index is 17.4. The fourth-order valence-electron chi connectivity index (χ4n) is 9.13. The Kier molecular flexibility index (Phi) is 10.7. The molecule has 4 unspecified atom stereocenters. The summed E-state index contributed by atoms with van der Waals surface area (Å²) in [7, 11) is 1.47. The molecule has 4 atom stereocenters. The van der Waals surface area contributed by atoms with E-state index in [0.717, 1.165) is 45.4 Å². The van der Waals surface area contributed by atoms with E-state index in [1.165, 1.54) is 25.3 Å². The molecule has 3 aromatic carbocycles. The number of hydrogen-bond donors (Lipinski definition) is 0. The number of aromatic nitrogens is 2. The number of hydrogen-bond acceptors (Lipinski definition) is 10. The maximum absolute atomic E-state index is 17.4. The van der Waals surface area contributed by atoms with Crippen molar-refractivity contribution in [2.75, 3.05) is 58.3 Å². The van der Waals surface area contributed by atoms with Crippen LogP contribution >= 0.6 is 0 Å². The van der Waals surface area contributed by atoms with Crippen molar-refractivity contribution < 1.29 is 41.7 Å². The average molecular weight is 778 g/mol. The lowest BCUT2D eigenvalue weighted by Crippen LogP contribution is -2.57. The van der Waals surface area contributed by atoms with Crippen molar-refractivity contribution in [2.24, 2.45) is 0 Å². The van der Waals surface area contributed by atoms with Gasteiger partial charge in [-0.05, 0) is 105 Å². The van der Waals surface area contributed by atoms with Crippen molar-refractivity contribution in [3.63, 3.8) is 0 Å². The summed E-state index contributed by atoms with van der Waals surface area (Å²) in [6.45, 7) is 10.6. The quantitative estimate of drug-likeness (QED) is 0.112. The van der Waals surface area contributed by atoms with Crippen molar-refractivity contribution in [1.29, 1.82) is 0 Å². The number of carbonyl (C=O) groups is 1. The number of fused-ring (bicyclic) bond motifs is 6. The van der Waals surface area contributed by atoms with E-state index >= 15 is 13.2 Å². The van der Waals surface area contributed by atoms with Gasteiger partial charge in [-0.15, -0.1) is 0 Å². The Labute approximate surface area is 325 Å². The molecule has 1 aromatic heterocycles. The molecule has 5 heterocycles. The monoisotopic (exact) mass is 777 g/mol. The molecule has 0 aliphatic carbocycles. The van der Waals surface area contributed by atoms with Gasteiger partial charge in [-0.25, -0.2) is 18.0 Å². The second-order valence-electron chi connectivity index (χ2n) is 16.3. The van der Waals surface area contributed by atoms with E-state index in [1.54, 1.807) is 24.0 Å². The van der Waals surface area contributed by atoms with Crippen LogP contribution in [0.5, 0.6) is 11.8 Å². The first kappa shape index (κ1) is 38.5. The summed E-state index contributed by atoms with van der Waals surface area (Å²) in [5, 5.41) is 1.11. The van der Waals surface area contributed by atoms with Gasteiger partial charge in [0.05, 0.1) is 37.5 Å². The van der Waals surface area contributed by atoms with Crippen LogP contribution in [0.15, 0.2) is 30.3 Å². The van der Waals surface area contributed by atoms with Gasteiger partial charge in [-0.2, -0.15) is 9.97 Å². The average Bonchev–Trinajstić information content (AvgIpc) is 3.55. The van der Waals surface area contributed by atoms with Crippen molar-refractivity contribution in [2.45, 2.75) is 96.0 Å². The molecule has 0 N–H and O–H groups in total. The first-order chi connectivity index (χ1) is 26.9. The molecular weight excluding hydrogens is 727 g/mol. The van der Waals surface area contributed by atoms with Gasteiger partial charge < -0.3 is 28.6 Å². The SMILES string of the molecule is CCc1c(F)ccc2cc(OCOC)cc(-c3c(F)cc4c(N5CC6CCC(C5)N6C(=O)OC(C)(C)C)nc(OCCCN5C6CCC5COC6)nc4c3F)c12. The Morgan fingerprint density at radius 3 is 2.32 bits per heavy atom. The van der Waals surface area contributed by atoms with E-state index in [4.69, 9.17) is 28.7 Å². The predicted molar refractivity (Wildman–Crippen MR) is 206 cm³/mol. The van der Waals surface area contributed by atoms with Gasteiger partial charge in [-0.1, -0.05) is 13.0 Å². The van der Waals surface area contributed by atoms with Gasteiger partial charge in [0.2, 0.25) is 0 Å². The molecule has 4 aliphatic heterocycles. The normalized spacial score (nSPS) is 22.4. The summed E-state index contributed by atoms with van der Waals surface area (Å²) in [6, 6.07) is 7.81. The van der Waals surface area contributed by atoms with Crippen LogP contribution in [0.1, 0.15) is 65.4 Å². The molecule has 4 saturated heterocycles. The van der Waals surface area contributed by atoms with Crippen LogP contribution in [-0.4, -0.2) is 109 Å². The third-order valence-corrected chi connectivity index (χ3v) is 11.5. The lowest BCUT2D eigenvalue weighted by atomic mass is 9.91. The second-order valence-corrected chi connectivity index (χ2v) is 16.3. The van der Waals surface area contributed by atoms with Crippen molar-refractivity contribution in [3.8, 4) is 22.9 Å². The number of benzene rings is 3. The number of amides is 1. The predicted octanol–water partition coefficient (Wildman–Crippen LogP) is 7.63. The zero-order valence-electron chi connectivity index (χ0n) is 32.7. The maximum Gasteiger partial charge on any atom is 0.410 e. The number of piperazine rings is 1. The Morgan fingerprint density at radius 2 is 1.64 bits per heavy atom. The van der Waals surface area contributed by atoms with Crippen LogP contribution in [-0.2, 0) is 20.6 Å². The number of methoxy groups -OCH3 is 1. The zero-order valence-corrected chi connectivity index (χ0v) is 32.7. The van der Waals surface area contributed by atoms with Crippen molar-refractivity contribution in [1.82, 2.24) is 19.8 Å². The molecule has 8 rings (SSSR count). The van der Waals surface area contributed by atoms with Gasteiger partial charge in [-0.3, -0.25) is 9.80 Å². The molecule has 0 radical (unpaired) electrons. The molecule has 4 bridgehead atoms. The molecule has 0 spiro atoms. The number of ether oxygens (including phenoxy) is 5. The minimum Gasteiger partial charge on any atom is -0.468 e. The third kappa shape index (κ3) is 7.31. The largest absolute Gasteiger partial charge is 0.468 e. The van der Waals surface area contributed by atoms with E-state index in [9.17, 15) is 4.79 Å². The molecule has 1 amide bonds. The molecule has 11 nitrogen and oxygen atoms in total. The minimum atomic E-state index is -0.926. The summed E-state index contributed by atoms with van der Waals surface area (Å²) in [4.78, 5) is 28.9. The summed E-state index contributed by atoms with van der Waals surface area (Å²) < 4.78 is 77.9. The van der Waals surface area contributed by atoms with Gasteiger partial charge >= 0.3 is 12.1 Å². The first-order valence-electron chi connectivity index (χ1n) is 19.7. The molecule has 300 valence electrons. The van der Waals surface area contributed by atoms with Crippen molar-refractivity contribution >= 4 is 33.6 Å². The van der Waals surface area contributed by atoms with E-state index in [1.807, 2.05) is 25.7 Å². The van der Waals surface area contributed by atoms with E-state index in [0.29, 0.717) is 65.9 Å². The number of aryl methyl sites for hydroxylation is 1. The molecule has 0 saturated carbocycles. The molecular formula is C42H50F3N5O6. The summed E-state index contributed by atoms with van der Waals surface area (Å²) in [5.74, 6) is -1.63. The number of halogens is 3. The molecule has 4 aliphatic rings. The first-order valence-corrected chi connectivity index (χ1v) is 19.7. The fourth-order valence-corrected chi connectivity index (χ4v) is 9.13. The number of anilines is 1. The number of morpholine rings is 1. The lowest BCUT2D eigenvalue weighted by Gasteiger charge is -2.42. The molecule has 14 heteroatoms. The Balaban J connectivity index is 1.20. The Morgan fingerprint density at radius 1 is 0.929 bits per heavy atom. The van der Waals surface area contributed by atoms with E-state index < -0.39 is 23.1 Å². The molecule has 56 heavy (non-hydrogen) atoms. The highest BCUT2D eigenvalue weighted by Gasteiger charge is 2.45. The molecule has 4 aromatic rings. The Bertz CT molecular complexity index is 2100. The summed E-state index contributed by atoms with van der Waals surface area (Å²) in [6.07, 6.45) is 4.37. The number of carbonyl (C=O) groups excluding carboxylic acids is 1. The number of nitrogens with zero attached hydrogens (tertiary/aromatic N) is 5. The third-order valence-electron chi connectivity index (χ3n) is 11.5. The minimum absolute atomic E-state index is 0.0295. The van der Waals surface area contributed by atoms with Crippen LogP contribution in [0.2, 0.25) is 0 Å². The van der Waals surface area contributed by atoms with Gasteiger partial charge in [0, 0.05) is 44.2 Å². The zero-order chi connectivity index (χ0) is 39.3. The summed E-state index contributed by atoms with van der Waals surface area (Å²) in [5.41, 5.74) is -0.677. The van der Waals surface area contributed by atoms with Crippen LogP contribution in [0, 0.1) is 17.5 Å². The van der Waals surface area contributed by atoms with Crippen molar-refractivity contribution in [3.05, 3.63) is 53.3 Å². The highest BCUT2D eigenvalue weighted by molar-refractivity contribution is 6.03. The smallest absolute Gasteiger partial charge is 0.410 e. The standard InChI is InChI=1S/C42H50F3N5O6/c1-6-30-33(43)13-8-24-16-29(55-23-52-5)17-31(35(24)30)36-34(44)18-32-38(37(36)45)46-40(54-15-7-14-49-27-11-12-28(49)22-53-21-27)47-39(32)48-19-25-9-10-26(20-48)50(25)41(51)56-42(2,3)4/h8,13,16-18,25-28H,6-7,9-12,14-15,19-23H2,1-5H3. The highest BCUT2D eigenvalue weighted by Crippen LogP contribution is 2.43. The number of rotatable bonds is 11. The Hall–Kier alpha value is -4.40. The van der Waals surface area contributed by atoms with Crippen LogP contribution in [0.25, 0.3) is 32.8 Å². The highest BCUT2D eigenvalue weighted by atomic mass is 19.1.